The van der Waals surface area contributed by atoms with E-state index in [2.05, 4.69) is 10.9 Å². The van der Waals surface area contributed by atoms with Gasteiger partial charge in [-0.05, 0) is 17.7 Å². The van der Waals surface area contributed by atoms with Crippen molar-refractivity contribution in [2.45, 2.75) is 6.54 Å². The lowest BCUT2D eigenvalue weighted by Gasteiger charge is -1.99. The number of terminal acetylenes is 1. The van der Waals surface area contributed by atoms with Crippen LogP contribution in [0, 0.1) is 22.5 Å². The lowest BCUT2D eigenvalue weighted by molar-refractivity contribution is -0.384. The second-order valence-corrected chi connectivity index (χ2v) is 6.29. The molecule has 0 spiro atoms. The maximum atomic E-state index is 12.2. The lowest BCUT2D eigenvalue weighted by atomic mass is 10.2. The minimum atomic E-state index is -0.463. The molecule has 2 aromatic carbocycles. The third-order valence-corrected chi connectivity index (χ3v) is 4.59. The van der Waals surface area contributed by atoms with E-state index in [1.807, 2.05) is 30.3 Å². The molecular weight excluding hydrogens is 350 g/mol. The van der Waals surface area contributed by atoms with Gasteiger partial charge in [0, 0.05) is 18.2 Å². The molecule has 0 fully saturated rings. The van der Waals surface area contributed by atoms with Gasteiger partial charge in [-0.15, -0.1) is 6.42 Å². The molecule has 0 aliphatic rings. The number of carbonyl (C=O) groups is 1. The van der Waals surface area contributed by atoms with Crippen molar-refractivity contribution in [1.29, 1.82) is 0 Å². The molecular formula is C19H13N3O3S. The van der Waals surface area contributed by atoms with Crippen molar-refractivity contribution in [2.75, 3.05) is 0 Å². The molecule has 7 heteroatoms. The Hall–Kier alpha value is -3.50. The van der Waals surface area contributed by atoms with Crippen molar-refractivity contribution in [2.24, 2.45) is 4.99 Å². The van der Waals surface area contributed by atoms with Crippen LogP contribution in [0.2, 0.25) is 0 Å². The maximum Gasteiger partial charge on any atom is 0.272 e. The van der Waals surface area contributed by atoms with Crippen LogP contribution in [0.1, 0.15) is 5.56 Å². The summed E-state index contributed by atoms with van der Waals surface area (Å²) in [6.07, 6.45) is 8.46. The molecule has 1 aromatic heterocycles. The van der Waals surface area contributed by atoms with E-state index in [1.54, 1.807) is 16.7 Å². The number of hydrogen-bond acceptors (Lipinski definition) is 4. The Morgan fingerprint density at radius 2 is 2.08 bits per heavy atom. The normalized spacial score (nSPS) is 11.7. The minimum absolute atomic E-state index is 0.0199. The third-order valence-electron chi connectivity index (χ3n) is 3.55. The molecule has 3 rings (SSSR count). The van der Waals surface area contributed by atoms with E-state index < -0.39 is 10.8 Å². The Kier molecular flexibility index (Phi) is 5.06. The summed E-state index contributed by atoms with van der Waals surface area (Å²) in [7, 11) is 0. The number of fused-ring (bicyclic) bond motifs is 1. The van der Waals surface area contributed by atoms with Gasteiger partial charge in [0.2, 0.25) is 0 Å². The van der Waals surface area contributed by atoms with E-state index >= 15 is 0 Å². The van der Waals surface area contributed by atoms with Gasteiger partial charge >= 0.3 is 0 Å². The van der Waals surface area contributed by atoms with Crippen molar-refractivity contribution < 1.29 is 9.72 Å². The van der Waals surface area contributed by atoms with E-state index in [4.69, 9.17) is 6.42 Å². The number of carbonyl (C=O) groups excluding carboxylic acids is 1. The molecule has 128 valence electrons. The number of thiazole rings is 1. The molecule has 1 amide bonds. The van der Waals surface area contributed by atoms with Crippen molar-refractivity contribution in [3.8, 4) is 12.3 Å². The van der Waals surface area contributed by atoms with Crippen molar-refractivity contribution >= 4 is 39.2 Å². The summed E-state index contributed by atoms with van der Waals surface area (Å²) in [4.78, 5) is 27.2. The molecule has 0 aliphatic carbocycles. The van der Waals surface area contributed by atoms with Gasteiger partial charge < -0.3 is 4.57 Å². The van der Waals surface area contributed by atoms with E-state index in [9.17, 15) is 14.9 Å². The van der Waals surface area contributed by atoms with E-state index in [0.29, 0.717) is 15.0 Å². The molecule has 26 heavy (non-hydrogen) atoms. The first-order valence-electron chi connectivity index (χ1n) is 7.61. The minimum Gasteiger partial charge on any atom is -0.305 e. The van der Waals surface area contributed by atoms with Crippen molar-refractivity contribution in [1.82, 2.24) is 4.57 Å². The SMILES string of the molecule is C#CCn1c(=NC(=O)C=Cc2ccccc2)sc2cc([N+](=O)[O-])ccc21. The molecule has 0 aliphatic heterocycles. The van der Waals surface area contributed by atoms with E-state index in [1.165, 1.54) is 29.5 Å². The summed E-state index contributed by atoms with van der Waals surface area (Å²) >= 11 is 1.19. The number of hydrogen-bond donors (Lipinski definition) is 0. The van der Waals surface area contributed by atoms with Crippen LogP contribution < -0.4 is 4.80 Å². The second kappa shape index (κ2) is 7.59. The van der Waals surface area contributed by atoms with E-state index in [-0.39, 0.29) is 12.2 Å². The number of rotatable bonds is 4. The number of non-ortho nitro benzene ring substituents is 1. The average Bonchev–Trinajstić information content (AvgIpc) is 2.97. The number of nitro groups is 1. The zero-order valence-corrected chi connectivity index (χ0v) is 14.3. The molecule has 0 saturated carbocycles. The third kappa shape index (κ3) is 3.77. The highest BCUT2D eigenvalue weighted by Crippen LogP contribution is 2.23. The first kappa shape index (κ1) is 17.3. The Morgan fingerprint density at radius 1 is 1.31 bits per heavy atom. The average molecular weight is 363 g/mol. The number of aromatic nitrogens is 1. The highest BCUT2D eigenvalue weighted by Gasteiger charge is 2.11. The fourth-order valence-electron chi connectivity index (χ4n) is 2.37. The summed E-state index contributed by atoms with van der Waals surface area (Å²) in [5.74, 6) is 2.09. The number of amides is 1. The smallest absolute Gasteiger partial charge is 0.272 e. The van der Waals surface area contributed by atoms with Gasteiger partial charge in [-0.25, -0.2) is 0 Å². The van der Waals surface area contributed by atoms with Crippen LogP contribution in [0.25, 0.3) is 16.3 Å². The summed E-state index contributed by atoms with van der Waals surface area (Å²) in [5.41, 5.74) is 1.57. The molecule has 0 unspecified atom stereocenters. The van der Waals surface area contributed by atoms with Crippen LogP contribution >= 0.6 is 11.3 Å². The lowest BCUT2D eigenvalue weighted by Crippen LogP contribution is -2.15. The molecule has 0 radical (unpaired) electrons. The standard InChI is InChI=1S/C19H13N3O3S/c1-2-12-21-16-10-9-15(22(24)25)13-17(16)26-19(21)20-18(23)11-8-14-6-4-3-5-7-14/h1,3-11,13H,12H2. The Morgan fingerprint density at radius 3 is 2.77 bits per heavy atom. The number of nitro benzene ring substituents is 1. The fraction of sp³-hybridized carbons (Fsp3) is 0.0526. The van der Waals surface area contributed by atoms with Gasteiger partial charge in [-0.3, -0.25) is 14.9 Å². The van der Waals surface area contributed by atoms with Crippen molar-refractivity contribution in [3.05, 3.63) is 75.1 Å². The summed E-state index contributed by atoms with van der Waals surface area (Å²) in [5, 5.41) is 10.9. The molecule has 0 saturated heterocycles. The summed E-state index contributed by atoms with van der Waals surface area (Å²) < 4.78 is 2.34. The first-order chi connectivity index (χ1) is 12.6. The first-order valence-corrected chi connectivity index (χ1v) is 8.43. The number of benzene rings is 2. The zero-order valence-electron chi connectivity index (χ0n) is 13.5. The number of nitrogens with zero attached hydrogens (tertiary/aromatic N) is 3. The monoisotopic (exact) mass is 363 g/mol. The maximum absolute atomic E-state index is 12.2. The molecule has 0 bridgehead atoms. The van der Waals surface area contributed by atoms with Gasteiger partial charge in [-0.1, -0.05) is 47.6 Å². The molecule has 0 atom stereocenters. The quantitative estimate of drug-likeness (QED) is 0.308. The predicted molar refractivity (Wildman–Crippen MR) is 101 cm³/mol. The Labute approximate surface area is 152 Å². The Bertz CT molecular complexity index is 1120. The van der Waals surface area contributed by atoms with Gasteiger partial charge in [-0.2, -0.15) is 4.99 Å². The summed E-state index contributed by atoms with van der Waals surface area (Å²) in [6.45, 7) is 0.215. The van der Waals surface area contributed by atoms with Crippen LogP contribution in [0.4, 0.5) is 5.69 Å². The molecule has 0 N–H and O–H groups in total. The van der Waals surface area contributed by atoms with Crippen LogP contribution in [0.3, 0.4) is 0 Å². The molecule has 3 aromatic rings. The Balaban J connectivity index is 2.02. The van der Waals surface area contributed by atoms with Gasteiger partial charge in [0.25, 0.3) is 11.6 Å². The van der Waals surface area contributed by atoms with Gasteiger partial charge in [0.1, 0.15) is 0 Å². The van der Waals surface area contributed by atoms with Crippen LogP contribution in [-0.4, -0.2) is 15.4 Å². The van der Waals surface area contributed by atoms with Crippen LogP contribution in [0.5, 0.6) is 0 Å². The second-order valence-electron chi connectivity index (χ2n) is 5.28. The van der Waals surface area contributed by atoms with Gasteiger partial charge in [0.15, 0.2) is 4.80 Å². The largest absolute Gasteiger partial charge is 0.305 e. The molecule has 6 nitrogen and oxygen atoms in total. The topological polar surface area (TPSA) is 77.5 Å². The predicted octanol–water partition coefficient (Wildman–Crippen LogP) is 3.38. The van der Waals surface area contributed by atoms with Crippen LogP contribution in [0.15, 0.2) is 59.6 Å². The van der Waals surface area contributed by atoms with Crippen molar-refractivity contribution in [3.63, 3.8) is 0 Å². The van der Waals surface area contributed by atoms with Crippen LogP contribution in [-0.2, 0) is 11.3 Å². The summed E-state index contributed by atoms with van der Waals surface area (Å²) in [6, 6.07) is 13.9. The highest BCUT2D eigenvalue weighted by molar-refractivity contribution is 7.16. The molecule has 1 heterocycles. The zero-order chi connectivity index (χ0) is 18.5. The van der Waals surface area contributed by atoms with E-state index in [0.717, 1.165) is 5.56 Å². The fourth-order valence-corrected chi connectivity index (χ4v) is 3.44. The highest BCUT2D eigenvalue weighted by atomic mass is 32.1. The van der Waals surface area contributed by atoms with Gasteiger partial charge in [0.05, 0.1) is 21.7 Å².